The number of amides is 2. The summed E-state index contributed by atoms with van der Waals surface area (Å²) in [4.78, 5) is 38.6. The van der Waals surface area contributed by atoms with Crippen molar-refractivity contribution in [3.05, 3.63) is 59.7 Å². The highest BCUT2D eigenvalue weighted by atomic mass is 16.5. The molecule has 0 saturated carbocycles. The number of carboxylic acids is 1. The minimum atomic E-state index is -0.803. The second-order valence-corrected chi connectivity index (χ2v) is 9.25. The molecular formula is C27H32N2O5. The normalized spacial score (nSPS) is 20.2. The fraction of sp³-hybridized carbons (Fsp3) is 0.444. The zero-order valence-corrected chi connectivity index (χ0v) is 19.7. The van der Waals surface area contributed by atoms with Crippen molar-refractivity contribution in [1.82, 2.24) is 10.2 Å². The summed E-state index contributed by atoms with van der Waals surface area (Å²) in [5, 5.41) is 12.0. The van der Waals surface area contributed by atoms with Gasteiger partial charge in [0.25, 0.3) is 0 Å². The Morgan fingerprint density at radius 1 is 1.09 bits per heavy atom. The number of carbonyl (C=O) groups is 3. The summed E-state index contributed by atoms with van der Waals surface area (Å²) in [6, 6.07) is 16.2. The number of nitrogens with one attached hydrogen (secondary N) is 1. The molecule has 2 aromatic rings. The predicted molar refractivity (Wildman–Crippen MR) is 128 cm³/mol. The van der Waals surface area contributed by atoms with E-state index in [4.69, 9.17) is 4.74 Å². The van der Waals surface area contributed by atoms with Gasteiger partial charge in [0.2, 0.25) is 5.91 Å². The number of fused-ring (bicyclic) bond motifs is 3. The van der Waals surface area contributed by atoms with Crippen LogP contribution in [0.25, 0.3) is 11.1 Å². The number of piperidine rings is 1. The molecule has 7 nitrogen and oxygen atoms in total. The maximum atomic E-state index is 13.1. The summed E-state index contributed by atoms with van der Waals surface area (Å²) in [5.74, 6) is -1.64. The summed E-state index contributed by atoms with van der Waals surface area (Å²) in [7, 11) is 0. The Kier molecular flexibility index (Phi) is 7.20. The Hall–Kier alpha value is -3.35. The Morgan fingerprint density at radius 3 is 2.26 bits per heavy atom. The van der Waals surface area contributed by atoms with Crippen molar-refractivity contribution in [2.75, 3.05) is 19.7 Å². The van der Waals surface area contributed by atoms with Crippen LogP contribution in [0.1, 0.15) is 50.2 Å². The summed E-state index contributed by atoms with van der Waals surface area (Å²) in [6.45, 7) is 4.65. The van der Waals surface area contributed by atoms with E-state index in [0.717, 1.165) is 11.1 Å². The van der Waals surface area contributed by atoms with E-state index in [-0.39, 0.29) is 36.9 Å². The maximum absolute atomic E-state index is 13.1. The average molecular weight is 465 g/mol. The van der Waals surface area contributed by atoms with E-state index >= 15 is 0 Å². The molecule has 180 valence electrons. The number of alkyl carbamates (subject to hydrolysis) is 1. The van der Waals surface area contributed by atoms with Crippen LogP contribution in [0.5, 0.6) is 0 Å². The van der Waals surface area contributed by atoms with E-state index in [2.05, 4.69) is 29.6 Å². The van der Waals surface area contributed by atoms with Crippen molar-refractivity contribution in [3.8, 4) is 11.1 Å². The van der Waals surface area contributed by atoms with Gasteiger partial charge in [0.05, 0.1) is 11.8 Å². The van der Waals surface area contributed by atoms with Crippen LogP contribution in [-0.4, -0.2) is 53.7 Å². The number of ether oxygens (including phenoxy) is 1. The first kappa shape index (κ1) is 23.8. The number of hydrogen-bond acceptors (Lipinski definition) is 4. The first-order valence-electron chi connectivity index (χ1n) is 12.0. The molecule has 1 heterocycles. The van der Waals surface area contributed by atoms with Crippen LogP contribution in [0.4, 0.5) is 4.79 Å². The van der Waals surface area contributed by atoms with E-state index in [1.165, 1.54) is 11.1 Å². The van der Waals surface area contributed by atoms with Gasteiger partial charge in [-0.15, -0.1) is 0 Å². The summed E-state index contributed by atoms with van der Waals surface area (Å²) < 4.78 is 5.58. The molecule has 3 unspecified atom stereocenters. The van der Waals surface area contributed by atoms with E-state index in [1.807, 2.05) is 38.1 Å². The third kappa shape index (κ3) is 4.79. The van der Waals surface area contributed by atoms with Crippen LogP contribution < -0.4 is 5.32 Å². The SMILES string of the molecule is CCC(CNC(=O)OCC1c2ccccc2-c2ccccc21)C(=O)N1CCC(C(=O)O)CC1C. The van der Waals surface area contributed by atoms with Crippen LogP contribution in [0, 0.1) is 11.8 Å². The minimum Gasteiger partial charge on any atom is -0.481 e. The van der Waals surface area contributed by atoms with Crippen molar-refractivity contribution in [2.45, 2.75) is 45.1 Å². The molecule has 2 aliphatic rings. The molecule has 2 aromatic carbocycles. The molecule has 1 aliphatic heterocycles. The summed E-state index contributed by atoms with van der Waals surface area (Å²) in [6.07, 6.45) is 0.957. The van der Waals surface area contributed by atoms with Gasteiger partial charge in [0.1, 0.15) is 6.61 Å². The van der Waals surface area contributed by atoms with E-state index in [0.29, 0.717) is 25.8 Å². The second kappa shape index (κ2) is 10.3. The largest absolute Gasteiger partial charge is 0.481 e. The standard InChI is InChI=1S/C27H32N2O5/c1-3-18(25(30)29-13-12-19(26(31)32)14-17(29)2)15-28-27(33)34-16-24-22-10-6-4-8-20(22)21-9-5-7-11-23(21)24/h4-11,17-19,24H,3,12-16H2,1-2H3,(H,28,33)(H,31,32). The van der Waals surface area contributed by atoms with Crippen LogP contribution in [-0.2, 0) is 14.3 Å². The smallest absolute Gasteiger partial charge is 0.407 e. The van der Waals surface area contributed by atoms with E-state index < -0.39 is 18.0 Å². The quantitative estimate of drug-likeness (QED) is 0.638. The Morgan fingerprint density at radius 2 is 1.71 bits per heavy atom. The molecule has 1 fully saturated rings. The van der Waals surface area contributed by atoms with Gasteiger partial charge in [0.15, 0.2) is 0 Å². The molecule has 0 aromatic heterocycles. The summed E-state index contributed by atoms with van der Waals surface area (Å²) in [5.41, 5.74) is 4.64. The highest BCUT2D eigenvalue weighted by molar-refractivity contribution is 5.81. The number of aliphatic carboxylic acids is 1. The van der Waals surface area contributed by atoms with Gasteiger partial charge < -0.3 is 20.1 Å². The molecule has 4 rings (SSSR count). The van der Waals surface area contributed by atoms with Crippen LogP contribution in [0.2, 0.25) is 0 Å². The monoisotopic (exact) mass is 464 g/mol. The average Bonchev–Trinajstić information content (AvgIpc) is 3.16. The topological polar surface area (TPSA) is 95.9 Å². The van der Waals surface area contributed by atoms with Gasteiger partial charge in [0, 0.05) is 25.0 Å². The van der Waals surface area contributed by atoms with Gasteiger partial charge in [-0.05, 0) is 48.4 Å². The lowest BCUT2D eigenvalue weighted by molar-refractivity contribution is -0.148. The van der Waals surface area contributed by atoms with Crippen LogP contribution in [0.3, 0.4) is 0 Å². The lowest BCUT2D eigenvalue weighted by Gasteiger charge is -2.38. The van der Waals surface area contributed by atoms with Crippen molar-refractivity contribution >= 4 is 18.0 Å². The Balaban J connectivity index is 1.31. The van der Waals surface area contributed by atoms with Gasteiger partial charge >= 0.3 is 12.1 Å². The zero-order valence-electron chi connectivity index (χ0n) is 19.7. The number of hydrogen-bond donors (Lipinski definition) is 2. The molecule has 0 spiro atoms. The molecular weight excluding hydrogens is 432 g/mol. The molecule has 2 N–H and O–H groups in total. The second-order valence-electron chi connectivity index (χ2n) is 9.25. The third-order valence-electron chi connectivity index (χ3n) is 7.19. The number of rotatable bonds is 7. The molecule has 3 atom stereocenters. The molecule has 34 heavy (non-hydrogen) atoms. The zero-order chi connectivity index (χ0) is 24.2. The van der Waals surface area contributed by atoms with E-state index in [9.17, 15) is 19.5 Å². The Labute approximate surface area is 200 Å². The van der Waals surface area contributed by atoms with Gasteiger partial charge in [-0.3, -0.25) is 9.59 Å². The number of likely N-dealkylation sites (tertiary alicyclic amines) is 1. The highest BCUT2D eigenvalue weighted by Crippen LogP contribution is 2.44. The third-order valence-corrected chi connectivity index (χ3v) is 7.19. The molecule has 1 aliphatic carbocycles. The van der Waals surface area contributed by atoms with Gasteiger partial charge in [-0.25, -0.2) is 4.79 Å². The van der Waals surface area contributed by atoms with Crippen molar-refractivity contribution < 1.29 is 24.2 Å². The van der Waals surface area contributed by atoms with Crippen molar-refractivity contribution in [3.63, 3.8) is 0 Å². The number of benzene rings is 2. The van der Waals surface area contributed by atoms with Crippen LogP contribution in [0.15, 0.2) is 48.5 Å². The number of carboxylic acid groups (broad SMARTS) is 1. The van der Waals surface area contributed by atoms with Crippen LogP contribution >= 0.6 is 0 Å². The fourth-order valence-corrected chi connectivity index (χ4v) is 5.22. The predicted octanol–water partition coefficient (Wildman–Crippen LogP) is 4.26. The first-order chi connectivity index (χ1) is 16.4. The molecule has 2 amide bonds. The summed E-state index contributed by atoms with van der Waals surface area (Å²) >= 11 is 0. The van der Waals surface area contributed by atoms with Crippen molar-refractivity contribution in [1.29, 1.82) is 0 Å². The lowest BCUT2D eigenvalue weighted by atomic mass is 9.90. The number of nitrogens with zero attached hydrogens (tertiary/aromatic N) is 1. The van der Waals surface area contributed by atoms with E-state index in [1.54, 1.807) is 4.90 Å². The van der Waals surface area contributed by atoms with Crippen molar-refractivity contribution in [2.24, 2.45) is 11.8 Å². The number of carbonyl (C=O) groups excluding carboxylic acids is 2. The first-order valence-corrected chi connectivity index (χ1v) is 12.0. The maximum Gasteiger partial charge on any atom is 0.407 e. The molecule has 0 radical (unpaired) electrons. The fourth-order valence-electron chi connectivity index (χ4n) is 5.22. The minimum absolute atomic E-state index is 0.0156. The molecule has 1 saturated heterocycles. The van der Waals surface area contributed by atoms with Gasteiger partial charge in [-0.2, -0.15) is 0 Å². The molecule has 0 bridgehead atoms. The lowest BCUT2D eigenvalue weighted by Crippen LogP contribution is -2.50. The Bertz CT molecular complexity index is 1020. The highest BCUT2D eigenvalue weighted by Gasteiger charge is 2.35. The molecule has 7 heteroatoms. The van der Waals surface area contributed by atoms with Gasteiger partial charge in [-0.1, -0.05) is 55.5 Å².